The number of hydrogen-bond donors (Lipinski definition) is 0. The minimum absolute atomic E-state index is 1.18. The number of rotatable bonds is 3. The van der Waals surface area contributed by atoms with Gasteiger partial charge in [0.15, 0.2) is 0 Å². The van der Waals surface area contributed by atoms with Crippen molar-refractivity contribution < 1.29 is 0 Å². The lowest BCUT2D eigenvalue weighted by atomic mass is 9.94. The van der Waals surface area contributed by atoms with Gasteiger partial charge in [0.1, 0.15) is 0 Å². The molecule has 0 saturated heterocycles. The monoisotopic (exact) mass is 395 g/mol. The molecule has 0 spiro atoms. The van der Waals surface area contributed by atoms with E-state index in [-0.39, 0.29) is 0 Å². The van der Waals surface area contributed by atoms with Crippen molar-refractivity contribution in [1.29, 1.82) is 0 Å². The molecule has 1 heterocycles. The summed E-state index contributed by atoms with van der Waals surface area (Å²) in [6.45, 7) is 0. The fourth-order valence-electron chi connectivity index (χ4n) is 4.59. The van der Waals surface area contributed by atoms with Crippen LogP contribution in [0.1, 0.15) is 0 Å². The van der Waals surface area contributed by atoms with Crippen LogP contribution < -0.4 is 0 Å². The van der Waals surface area contributed by atoms with E-state index >= 15 is 0 Å². The van der Waals surface area contributed by atoms with Crippen LogP contribution in [0.2, 0.25) is 0 Å². The second-order valence-corrected chi connectivity index (χ2v) is 7.84. The molecule has 0 unspecified atom stereocenters. The Bertz CT molecular complexity index is 1490. The Morgan fingerprint density at radius 2 is 1.00 bits per heavy atom. The summed E-state index contributed by atoms with van der Waals surface area (Å²) in [5, 5.41) is 2.57. The Morgan fingerprint density at radius 1 is 0.419 bits per heavy atom. The first-order valence-electron chi connectivity index (χ1n) is 10.6. The van der Waals surface area contributed by atoms with E-state index in [0.717, 1.165) is 0 Å². The molecule has 0 saturated carbocycles. The maximum Gasteiger partial charge on any atom is 0.0553 e. The summed E-state index contributed by atoms with van der Waals surface area (Å²) in [6, 6.07) is 45.4. The lowest BCUT2D eigenvalue weighted by Gasteiger charge is -2.12. The molecular weight excluding hydrogens is 374 g/mol. The summed E-state index contributed by atoms with van der Waals surface area (Å²) < 4.78 is 2.39. The standard InChI is InChI=1S/C30H21N/c1-4-12-22(13-5-1)24-20-27(23-14-6-2-7-15-23)30-26-18-10-11-19-28(26)31(29(30)21-24)25-16-8-3-9-17-25/h1-21H. The van der Waals surface area contributed by atoms with Crippen LogP contribution in [0.15, 0.2) is 127 Å². The zero-order valence-corrected chi connectivity index (χ0v) is 17.1. The summed E-state index contributed by atoms with van der Waals surface area (Å²) in [5.41, 5.74) is 8.60. The summed E-state index contributed by atoms with van der Waals surface area (Å²) >= 11 is 0. The van der Waals surface area contributed by atoms with Crippen LogP contribution in [-0.2, 0) is 0 Å². The molecule has 1 nitrogen and oxygen atoms in total. The number of hydrogen-bond acceptors (Lipinski definition) is 0. The molecule has 0 N–H and O–H groups in total. The molecule has 146 valence electrons. The van der Waals surface area contributed by atoms with E-state index < -0.39 is 0 Å². The molecule has 0 aliphatic heterocycles. The summed E-state index contributed by atoms with van der Waals surface area (Å²) in [5.74, 6) is 0. The van der Waals surface area contributed by atoms with Crippen molar-refractivity contribution in [3.63, 3.8) is 0 Å². The number of aromatic nitrogens is 1. The van der Waals surface area contributed by atoms with Gasteiger partial charge in [-0.2, -0.15) is 0 Å². The van der Waals surface area contributed by atoms with Crippen molar-refractivity contribution in [2.24, 2.45) is 0 Å². The Balaban J connectivity index is 1.81. The quantitative estimate of drug-likeness (QED) is 0.285. The average molecular weight is 396 g/mol. The van der Waals surface area contributed by atoms with Crippen molar-refractivity contribution in [2.45, 2.75) is 0 Å². The summed E-state index contributed by atoms with van der Waals surface area (Å²) in [7, 11) is 0. The van der Waals surface area contributed by atoms with Crippen molar-refractivity contribution >= 4 is 21.8 Å². The van der Waals surface area contributed by atoms with Crippen molar-refractivity contribution in [3.05, 3.63) is 127 Å². The summed E-state index contributed by atoms with van der Waals surface area (Å²) in [4.78, 5) is 0. The third-order valence-electron chi connectivity index (χ3n) is 5.98. The van der Waals surface area contributed by atoms with E-state index in [1.807, 2.05) is 0 Å². The van der Waals surface area contributed by atoms with Crippen LogP contribution in [0.4, 0.5) is 0 Å². The molecule has 0 bridgehead atoms. The first kappa shape index (κ1) is 17.7. The first-order chi connectivity index (χ1) is 15.4. The highest BCUT2D eigenvalue weighted by atomic mass is 15.0. The van der Waals surface area contributed by atoms with Crippen LogP contribution in [-0.4, -0.2) is 4.57 Å². The van der Waals surface area contributed by atoms with Gasteiger partial charge in [0.2, 0.25) is 0 Å². The van der Waals surface area contributed by atoms with E-state index in [0.29, 0.717) is 0 Å². The number of nitrogens with zero attached hydrogens (tertiary/aromatic N) is 1. The molecule has 0 fully saturated rings. The fourth-order valence-corrected chi connectivity index (χ4v) is 4.59. The van der Waals surface area contributed by atoms with Gasteiger partial charge < -0.3 is 4.57 Å². The number of para-hydroxylation sites is 2. The second kappa shape index (κ2) is 7.30. The van der Waals surface area contributed by atoms with Gasteiger partial charge in [-0.3, -0.25) is 0 Å². The molecule has 6 aromatic rings. The van der Waals surface area contributed by atoms with E-state index in [4.69, 9.17) is 0 Å². The van der Waals surface area contributed by atoms with Crippen LogP contribution in [0.3, 0.4) is 0 Å². The Morgan fingerprint density at radius 3 is 1.71 bits per heavy atom. The second-order valence-electron chi connectivity index (χ2n) is 7.84. The molecule has 6 rings (SSSR count). The van der Waals surface area contributed by atoms with Crippen molar-refractivity contribution in [3.8, 4) is 27.9 Å². The molecular formula is C30H21N. The molecule has 0 aliphatic rings. The van der Waals surface area contributed by atoms with Crippen LogP contribution >= 0.6 is 0 Å². The molecule has 1 heteroatoms. The lowest BCUT2D eigenvalue weighted by Crippen LogP contribution is -1.94. The van der Waals surface area contributed by atoms with Gasteiger partial charge in [-0.15, -0.1) is 0 Å². The van der Waals surface area contributed by atoms with E-state index in [1.54, 1.807) is 0 Å². The summed E-state index contributed by atoms with van der Waals surface area (Å²) in [6.07, 6.45) is 0. The predicted octanol–water partition coefficient (Wildman–Crippen LogP) is 8.12. The lowest BCUT2D eigenvalue weighted by molar-refractivity contribution is 1.18. The highest BCUT2D eigenvalue weighted by Crippen LogP contribution is 2.41. The van der Waals surface area contributed by atoms with E-state index in [1.165, 1.54) is 49.7 Å². The van der Waals surface area contributed by atoms with Crippen molar-refractivity contribution in [1.82, 2.24) is 4.57 Å². The maximum absolute atomic E-state index is 2.39. The van der Waals surface area contributed by atoms with E-state index in [9.17, 15) is 0 Å². The van der Waals surface area contributed by atoms with Crippen LogP contribution in [0.5, 0.6) is 0 Å². The molecule has 1 aromatic heterocycles. The predicted molar refractivity (Wildman–Crippen MR) is 132 cm³/mol. The van der Waals surface area contributed by atoms with Gasteiger partial charge >= 0.3 is 0 Å². The van der Waals surface area contributed by atoms with Gasteiger partial charge in [0, 0.05) is 16.5 Å². The van der Waals surface area contributed by atoms with Gasteiger partial charge in [-0.05, 0) is 52.6 Å². The number of benzene rings is 5. The molecule has 0 radical (unpaired) electrons. The molecule has 0 amide bonds. The third kappa shape index (κ3) is 2.94. The minimum atomic E-state index is 1.18. The Kier molecular flexibility index (Phi) is 4.18. The zero-order chi connectivity index (χ0) is 20.6. The Labute approximate surface area is 181 Å². The SMILES string of the molecule is c1ccc(-c2cc(-c3ccccc3)c3c4ccccc4n(-c4ccccc4)c3c2)cc1. The van der Waals surface area contributed by atoms with Gasteiger partial charge in [-0.1, -0.05) is 97.1 Å². The van der Waals surface area contributed by atoms with Crippen LogP contribution in [0.25, 0.3) is 49.7 Å². The Hall–Kier alpha value is -4.10. The largest absolute Gasteiger partial charge is 0.309 e. The molecule has 0 atom stereocenters. The molecule has 5 aromatic carbocycles. The topological polar surface area (TPSA) is 4.93 Å². The molecule has 31 heavy (non-hydrogen) atoms. The third-order valence-corrected chi connectivity index (χ3v) is 5.98. The smallest absolute Gasteiger partial charge is 0.0553 e. The first-order valence-corrected chi connectivity index (χ1v) is 10.6. The van der Waals surface area contributed by atoms with Gasteiger partial charge in [0.05, 0.1) is 11.0 Å². The normalized spacial score (nSPS) is 11.2. The van der Waals surface area contributed by atoms with E-state index in [2.05, 4.69) is 132 Å². The van der Waals surface area contributed by atoms with Crippen LogP contribution in [0, 0.1) is 0 Å². The van der Waals surface area contributed by atoms with Gasteiger partial charge in [0.25, 0.3) is 0 Å². The maximum atomic E-state index is 2.39. The number of fused-ring (bicyclic) bond motifs is 3. The van der Waals surface area contributed by atoms with Crippen molar-refractivity contribution in [2.75, 3.05) is 0 Å². The highest BCUT2D eigenvalue weighted by molar-refractivity contribution is 6.16. The fraction of sp³-hybridized carbons (Fsp3) is 0. The minimum Gasteiger partial charge on any atom is -0.309 e. The highest BCUT2D eigenvalue weighted by Gasteiger charge is 2.17. The zero-order valence-electron chi connectivity index (χ0n) is 17.1. The average Bonchev–Trinajstić information content (AvgIpc) is 3.19. The van der Waals surface area contributed by atoms with Gasteiger partial charge in [-0.25, -0.2) is 0 Å². The molecule has 0 aliphatic carbocycles.